The maximum Gasteiger partial charge on any atom is 0.239 e. The van der Waals surface area contributed by atoms with Crippen LogP contribution in [-0.4, -0.2) is 36.3 Å². The van der Waals surface area contributed by atoms with Gasteiger partial charge in [-0.3, -0.25) is 9.59 Å². The van der Waals surface area contributed by atoms with E-state index in [4.69, 9.17) is 0 Å². The van der Waals surface area contributed by atoms with Crippen molar-refractivity contribution in [1.82, 2.24) is 10.2 Å². The van der Waals surface area contributed by atoms with Gasteiger partial charge in [-0.05, 0) is 24.1 Å². The molecule has 0 fully saturated rings. The molecule has 1 aromatic rings. The number of halogens is 1. The van der Waals surface area contributed by atoms with Crippen molar-refractivity contribution in [2.24, 2.45) is 0 Å². The summed E-state index contributed by atoms with van der Waals surface area (Å²) in [5.41, 5.74) is 0.921. The molecule has 0 unspecified atom stereocenters. The third-order valence-electron chi connectivity index (χ3n) is 2.81. The van der Waals surface area contributed by atoms with Gasteiger partial charge in [0.25, 0.3) is 0 Å². The molecule has 0 bridgehead atoms. The molecule has 20 heavy (non-hydrogen) atoms. The van der Waals surface area contributed by atoms with E-state index in [0.29, 0.717) is 19.5 Å². The minimum Gasteiger partial charge on any atom is -0.351 e. The summed E-state index contributed by atoms with van der Waals surface area (Å²) in [7, 11) is 0. The van der Waals surface area contributed by atoms with Crippen LogP contribution in [0.3, 0.4) is 0 Å². The highest BCUT2D eigenvalue weighted by molar-refractivity contribution is 5.83. The third kappa shape index (κ3) is 5.65. The lowest BCUT2D eigenvalue weighted by atomic mass is 10.1. The smallest absolute Gasteiger partial charge is 0.239 e. The van der Waals surface area contributed by atoms with E-state index in [0.717, 1.165) is 5.56 Å². The summed E-state index contributed by atoms with van der Waals surface area (Å²) in [5, 5.41) is 2.62. The van der Waals surface area contributed by atoms with Gasteiger partial charge in [-0.25, -0.2) is 4.39 Å². The first kappa shape index (κ1) is 15.9. The molecule has 1 N–H and O–H groups in total. The Morgan fingerprint density at radius 3 is 2.55 bits per heavy atom. The molecule has 1 aromatic carbocycles. The van der Waals surface area contributed by atoms with Gasteiger partial charge in [-0.15, -0.1) is 6.58 Å². The van der Waals surface area contributed by atoms with E-state index >= 15 is 0 Å². The van der Waals surface area contributed by atoms with Gasteiger partial charge in [0.15, 0.2) is 0 Å². The first-order valence-electron chi connectivity index (χ1n) is 6.40. The van der Waals surface area contributed by atoms with Gasteiger partial charge in [0.1, 0.15) is 5.82 Å². The van der Waals surface area contributed by atoms with Crippen LogP contribution in [0, 0.1) is 5.82 Å². The fraction of sp³-hybridized carbons (Fsp3) is 0.333. The molecule has 1 rings (SSSR count). The topological polar surface area (TPSA) is 49.4 Å². The number of rotatable bonds is 7. The van der Waals surface area contributed by atoms with Gasteiger partial charge in [-0.1, -0.05) is 18.2 Å². The quantitative estimate of drug-likeness (QED) is 0.769. The zero-order valence-corrected chi connectivity index (χ0v) is 11.6. The van der Waals surface area contributed by atoms with Crippen molar-refractivity contribution in [2.45, 2.75) is 13.3 Å². The molecule has 0 radical (unpaired) electrons. The van der Waals surface area contributed by atoms with Crippen LogP contribution in [-0.2, 0) is 16.0 Å². The second kappa shape index (κ2) is 8.09. The van der Waals surface area contributed by atoms with Crippen molar-refractivity contribution in [3.8, 4) is 0 Å². The van der Waals surface area contributed by atoms with Gasteiger partial charge in [0.2, 0.25) is 11.8 Å². The normalized spacial score (nSPS) is 9.90. The highest BCUT2D eigenvalue weighted by atomic mass is 19.1. The number of nitrogens with zero attached hydrogens (tertiary/aromatic N) is 1. The molecule has 0 saturated carbocycles. The Morgan fingerprint density at radius 1 is 1.35 bits per heavy atom. The molecule has 108 valence electrons. The highest BCUT2D eigenvalue weighted by Crippen LogP contribution is 2.04. The van der Waals surface area contributed by atoms with Crippen LogP contribution in [0.1, 0.15) is 12.5 Å². The molecule has 0 saturated heterocycles. The fourth-order valence-electron chi connectivity index (χ4n) is 1.68. The summed E-state index contributed by atoms with van der Waals surface area (Å²) >= 11 is 0. The van der Waals surface area contributed by atoms with Crippen LogP contribution >= 0.6 is 0 Å². The van der Waals surface area contributed by atoms with Crippen LogP contribution in [0.5, 0.6) is 0 Å². The molecular weight excluding hydrogens is 259 g/mol. The maximum atomic E-state index is 12.8. The number of benzene rings is 1. The fourth-order valence-corrected chi connectivity index (χ4v) is 1.68. The Balaban J connectivity index is 2.50. The molecule has 0 aromatic heterocycles. The molecule has 0 heterocycles. The van der Waals surface area contributed by atoms with E-state index in [2.05, 4.69) is 11.9 Å². The Hall–Kier alpha value is -2.17. The summed E-state index contributed by atoms with van der Waals surface area (Å²) in [6, 6.07) is 6.10. The lowest BCUT2D eigenvalue weighted by molar-refractivity contribution is -0.134. The zero-order valence-electron chi connectivity index (χ0n) is 11.6. The van der Waals surface area contributed by atoms with Crippen LogP contribution < -0.4 is 5.32 Å². The average molecular weight is 278 g/mol. The molecular formula is C15H19FN2O2. The molecule has 0 aliphatic carbocycles. The van der Waals surface area contributed by atoms with E-state index in [-0.39, 0.29) is 24.2 Å². The minimum atomic E-state index is -0.291. The predicted molar refractivity (Wildman–Crippen MR) is 75.6 cm³/mol. The number of hydrogen-bond acceptors (Lipinski definition) is 2. The Kier molecular flexibility index (Phi) is 6.43. The summed E-state index contributed by atoms with van der Waals surface area (Å²) < 4.78 is 12.8. The zero-order chi connectivity index (χ0) is 15.0. The summed E-state index contributed by atoms with van der Waals surface area (Å²) in [4.78, 5) is 24.5. The summed E-state index contributed by atoms with van der Waals surface area (Å²) in [6.07, 6.45) is 2.16. The lowest BCUT2D eigenvalue weighted by Gasteiger charge is -2.20. The van der Waals surface area contributed by atoms with E-state index in [1.807, 2.05) is 0 Å². The van der Waals surface area contributed by atoms with Crippen LogP contribution in [0.15, 0.2) is 36.9 Å². The first-order chi connectivity index (χ1) is 9.52. The molecule has 0 spiro atoms. The van der Waals surface area contributed by atoms with Crippen molar-refractivity contribution in [3.05, 3.63) is 48.3 Å². The molecule has 0 atom stereocenters. The van der Waals surface area contributed by atoms with Crippen LogP contribution in [0.2, 0.25) is 0 Å². The van der Waals surface area contributed by atoms with Crippen molar-refractivity contribution >= 4 is 11.8 Å². The SMILES string of the molecule is C=CCNC(=O)CN(CCc1ccc(F)cc1)C(C)=O. The third-order valence-corrected chi connectivity index (χ3v) is 2.81. The summed E-state index contributed by atoms with van der Waals surface area (Å²) in [6.45, 7) is 5.74. The molecule has 5 heteroatoms. The number of hydrogen-bond donors (Lipinski definition) is 1. The maximum absolute atomic E-state index is 12.8. The summed E-state index contributed by atoms with van der Waals surface area (Å²) in [5.74, 6) is -0.680. The Bertz CT molecular complexity index is 471. The monoisotopic (exact) mass is 278 g/mol. The second-order valence-corrected chi connectivity index (χ2v) is 4.41. The molecule has 2 amide bonds. The van der Waals surface area contributed by atoms with E-state index in [9.17, 15) is 14.0 Å². The van der Waals surface area contributed by atoms with Crippen LogP contribution in [0.25, 0.3) is 0 Å². The van der Waals surface area contributed by atoms with E-state index < -0.39 is 0 Å². The molecule has 0 aliphatic heterocycles. The average Bonchev–Trinajstić information content (AvgIpc) is 2.42. The van der Waals surface area contributed by atoms with Gasteiger partial charge < -0.3 is 10.2 Å². The highest BCUT2D eigenvalue weighted by Gasteiger charge is 2.12. The number of carbonyl (C=O) groups excluding carboxylic acids is 2. The minimum absolute atomic E-state index is 0.0182. The number of amides is 2. The Labute approximate surface area is 118 Å². The van der Waals surface area contributed by atoms with Crippen LogP contribution in [0.4, 0.5) is 4.39 Å². The van der Waals surface area contributed by atoms with E-state index in [1.54, 1.807) is 18.2 Å². The first-order valence-corrected chi connectivity index (χ1v) is 6.40. The van der Waals surface area contributed by atoms with Gasteiger partial charge in [0, 0.05) is 20.0 Å². The second-order valence-electron chi connectivity index (χ2n) is 4.41. The number of carbonyl (C=O) groups is 2. The predicted octanol–water partition coefficient (Wildman–Crippen LogP) is 1.52. The Morgan fingerprint density at radius 2 is 2.00 bits per heavy atom. The van der Waals surface area contributed by atoms with E-state index in [1.165, 1.54) is 24.0 Å². The standard InChI is InChI=1S/C15H19FN2O2/c1-3-9-17-15(20)11-18(12(2)19)10-8-13-4-6-14(16)7-5-13/h3-7H,1,8-11H2,2H3,(H,17,20). The van der Waals surface area contributed by atoms with Gasteiger partial charge >= 0.3 is 0 Å². The molecule has 4 nitrogen and oxygen atoms in total. The van der Waals surface area contributed by atoms with Crippen molar-refractivity contribution in [3.63, 3.8) is 0 Å². The van der Waals surface area contributed by atoms with Crippen molar-refractivity contribution in [1.29, 1.82) is 0 Å². The van der Waals surface area contributed by atoms with Crippen molar-refractivity contribution < 1.29 is 14.0 Å². The van der Waals surface area contributed by atoms with Gasteiger partial charge in [0.05, 0.1) is 6.54 Å². The van der Waals surface area contributed by atoms with Gasteiger partial charge in [-0.2, -0.15) is 0 Å². The lowest BCUT2D eigenvalue weighted by Crippen LogP contribution is -2.40. The number of nitrogens with one attached hydrogen (secondary N) is 1. The largest absolute Gasteiger partial charge is 0.351 e. The molecule has 0 aliphatic rings. The van der Waals surface area contributed by atoms with Crippen molar-refractivity contribution in [2.75, 3.05) is 19.6 Å².